The Morgan fingerprint density at radius 2 is 2.06 bits per heavy atom. The van der Waals surface area contributed by atoms with Crippen molar-refractivity contribution in [3.63, 3.8) is 0 Å². The summed E-state index contributed by atoms with van der Waals surface area (Å²) in [5.74, 6) is -1.89. The summed E-state index contributed by atoms with van der Waals surface area (Å²) in [7, 11) is 0. The largest absolute Gasteiger partial charge is 0.461 e. The maximum atomic E-state index is 12.2. The first-order valence-corrected chi connectivity index (χ1v) is 5.17. The van der Waals surface area contributed by atoms with Gasteiger partial charge < -0.3 is 4.74 Å². The average molecular weight is 226 g/mol. The molecule has 0 aromatic heterocycles. The van der Waals surface area contributed by atoms with E-state index in [1.165, 1.54) is 0 Å². The molecule has 2 nitrogen and oxygen atoms in total. The molecule has 2 atom stereocenters. The van der Waals surface area contributed by atoms with Gasteiger partial charge in [-0.15, -0.1) is 0 Å². The molecule has 0 amide bonds. The standard InChI is InChI=1S/C12H12F2O2/c13-11(14)9-6-10(9)12(15)16-7-8-4-2-1-3-5-8/h1-5,9-11H,6-7H2/t9-,10-/m0/s1. The predicted octanol–water partition coefficient (Wildman–Crippen LogP) is 2.63. The van der Waals surface area contributed by atoms with E-state index in [4.69, 9.17) is 4.74 Å². The summed E-state index contributed by atoms with van der Waals surface area (Å²) in [5, 5.41) is 0. The van der Waals surface area contributed by atoms with Crippen LogP contribution in [0, 0.1) is 11.8 Å². The first-order chi connectivity index (χ1) is 7.68. The number of esters is 1. The molecule has 2 rings (SSSR count). The van der Waals surface area contributed by atoms with Crippen LogP contribution in [0.1, 0.15) is 12.0 Å². The summed E-state index contributed by atoms with van der Waals surface area (Å²) in [6, 6.07) is 9.18. The number of benzene rings is 1. The number of ether oxygens (including phenoxy) is 1. The molecule has 4 heteroatoms. The first-order valence-electron chi connectivity index (χ1n) is 5.17. The fraction of sp³-hybridized carbons (Fsp3) is 0.417. The predicted molar refractivity (Wildman–Crippen MR) is 53.8 cm³/mol. The highest BCUT2D eigenvalue weighted by atomic mass is 19.3. The van der Waals surface area contributed by atoms with Crippen LogP contribution in [0.15, 0.2) is 30.3 Å². The molecule has 1 aliphatic carbocycles. The molecule has 1 fully saturated rings. The van der Waals surface area contributed by atoms with E-state index in [-0.39, 0.29) is 13.0 Å². The SMILES string of the molecule is O=C(OCc1ccccc1)[C@H]1C[C@@H]1C(F)F. The van der Waals surface area contributed by atoms with Crippen LogP contribution >= 0.6 is 0 Å². The van der Waals surface area contributed by atoms with Crippen LogP contribution in [0.4, 0.5) is 8.78 Å². The maximum Gasteiger partial charge on any atom is 0.309 e. The second-order valence-electron chi connectivity index (χ2n) is 3.93. The van der Waals surface area contributed by atoms with E-state index in [9.17, 15) is 13.6 Å². The van der Waals surface area contributed by atoms with Crippen LogP contribution in [0.3, 0.4) is 0 Å². The molecule has 1 aromatic rings. The minimum atomic E-state index is -2.41. The summed E-state index contributed by atoms with van der Waals surface area (Å²) >= 11 is 0. The molecular formula is C12H12F2O2. The fourth-order valence-electron chi connectivity index (χ4n) is 1.60. The summed E-state index contributed by atoms with van der Waals surface area (Å²) in [5.41, 5.74) is 0.866. The van der Waals surface area contributed by atoms with Crippen molar-refractivity contribution < 1.29 is 18.3 Å². The Hall–Kier alpha value is -1.45. The highest BCUT2D eigenvalue weighted by molar-refractivity contribution is 5.75. The van der Waals surface area contributed by atoms with E-state index >= 15 is 0 Å². The number of hydrogen-bond acceptors (Lipinski definition) is 2. The third-order valence-corrected chi connectivity index (χ3v) is 2.69. The third kappa shape index (κ3) is 2.56. The van der Waals surface area contributed by atoms with Gasteiger partial charge in [0.25, 0.3) is 0 Å². The molecule has 1 aliphatic rings. The molecular weight excluding hydrogens is 214 g/mol. The Balaban J connectivity index is 1.78. The van der Waals surface area contributed by atoms with Crippen molar-refractivity contribution in [3.05, 3.63) is 35.9 Å². The number of alkyl halides is 2. The number of carbonyl (C=O) groups is 1. The minimum absolute atomic E-state index is 0.159. The van der Waals surface area contributed by atoms with Gasteiger partial charge in [0.2, 0.25) is 6.43 Å². The molecule has 86 valence electrons. The zero-order valence-electron chi connectivity index (χ0n) is 8.61. The van der Waals surface area contributed by atoms with Gasteiger partial charge in [0.1, 0.15) is 6.61 Å². The molecule has 0 saturated heterocycles. The van der Waals surface area contributed by atoms with Gasteiger partial charge in [-0.3, -0.25) is 4.79 Å². The lowest BCUT2D eigenvalue weighted by Crippen LogP contribution is -2.10. The summed E-state index contributed by atoms with van der Waals surface area (Å²) < 4.78 is 29.3. The molecule has 0 spiro atoms. The molecule has 0 radical (unpaired) electrons. The molecule has 16 heavy (non-hydrogen) atoms. The van der Waals surface area contributed by atoms with Crippen molar-refractivity contribution in [2.75, 3.05) is 0 Å². The smallest absolute Gasteiger partial charge is 0.309 e. The van der Waals surface area contributed by atoms with Crippen LogP contribution in [-0.2, 0) is 16.1 Å². The number of halogens is 2. The van der Waals surface area contributed by atoms with Gasteiger partial charge in [-0.25, -0.2) is 8.78 Å². The van der Waals surface area contributed by atoms with Crippen molar-refractivity contribution in [1.82, 2.24) is 0 Å². The highest BCUT2D eigenvalue weighted by Gasteiger charge is 2.49. The monoisotopic (exact) mass is 226 g/mol. The Bertz CT molecular complexity index is 365. The third-order valence-electron chi connectivity index (χ3n) is 2.69. The van der Waals surface area contributed by atoms with E-state index in [1.807, 2.05) is 30.3 Å². The molecule has 0 bridgehead atoms. The van der Waals surface area contributed by atoms with E-state index in [0.717, 1.165) is 5.56 Å². The summed E-state index contributed by atoms with van der Waals surface area (Å²) in [6.07, 6.45) is -2.15. The number of hydrogen-bond donors (Lipinski definition) is 0. The van der Waals surface area contributed by atoms with Crippen LogP contribution < -0.4 is 0 Å². The fourth-order valence-corrected chi connectivity index (χ4v) is 1.60. The molecule has 0 heterocycles. The second kappa shape index (κ2) is 4.60. The molecule has 1 saturated carbocycles. The van der Waals surface area contributed by atoms with Gasteiger partial charge in [-0.05, 0) is 12.0 Å². The maximum absolute atomic E-state index is 12.2. The van der Waals surface area contributed by atoms with Crippen LogP contribution in [-0.4, -0.2) is 12.4 Å². The zero-order chi connectivity index (χ0) is 11.5. The lowest BCUT2D eigenvalue weighted by atomic mass is 10.2. The minimum Gasteiger partial charge on any atom is -0.461 e. The lowest BCUT2D eigenvalue weighted by molar-refractivity contribution is -0.147. The normalized spacial score (nSPS) is 23.2. The Kier molecular flexibility index (Phi) is 3.17. The molecule has 0 aliphatic heterocycles. The van der Waals surface area contributed by atoms with E-state index in [1.54, 1.807) is 0 Å². The Morgan fingerprint density at radius 1 is 1.38 bits per heavy atom. The highest BCUT2D eigenvalue weighted by Crippen LogP contribution is 2.43. The van der Waals surface area contributed by atoms with E-state index in [0.29, 0.717) is 0 Å². The Morgan fingerprint density at radius 3 is 2.62 bits per heavy atom. The molecule has 1 aromatic carbocycles. The van der Waals surface area contributed by atoms with Gasteiger partial charge in [0.15, 0.2) is 0 Å². The van der Waals surface area contributed by atoms with Crippen molar-refractivity contribution in [3.8, 4) is 0 Å². The van der Waals surface area contributed by atoms with Crippen LogP contribution in [0.2, 0.25) is 0 Å². The molecule has 0 N–H and O–H groups in total. The number of carbonyl (C=O) groups excluding carboxylic acids is 1. The van der Waals surface area contributed by atoms with E-state index < -0.39 is 24.2 Å². The van der Waals surface area contributed by atoms with Crippen molar-refractivity contribution in [2.24, 2.45) is 11.8 Å². The van der Waals surface area contributed by atoms with Crippen molar-refractivity contribution in [1.29, 1.82) is 0 Å². The summed E-state index contributed by atoms with van der Waals surface area (Å²) in [6.45, 7) is 0.159. The van der Waals surface area contributed by atoms with Crippen LogP contribution in [0.25, 0.3) is 0 Å². The molecule has 0 unspecified atom stereocenters. The summed E-state index contributed by atoms with van der Waals surface area (Å²) in [4.78, 5) is 11.3. The van der Waals surface area contributed by atoms with Gasteiger partial charge in [0.05, 0.1) is 5.92 Å². The van der Waals surface area contributed by atoms with Crippen molar-refractivity contribution >= 4 is 5.97 Å². The van der Waals surface area contributed by atoms with Gasteiger partial charge in [-0.1, -0.05) is 30.3 Å². The number of rotatable bonds is 4. The van der Waals surface area contributed by atoms with E-state index in [2.05, 4.69) is 0 Å². The topological polar surface area (TPSA) is 26.3 Å². The zero-order valence-corrected chi connectivity index (χ0v) is 8.61. The van der Waals surface area contributed by atoms with Crippen LogP contribution in [0.5, 0.6) is 0 Å². The first kappa shape index (κ1) is 11.0. The quantitative estimate of drug-likeness (QED) is 0.738. The Labute approximate surface area is 92.2 Å². The van der Waals surface area contributed by atoms with Crippen molar-refractivity contribution in [2.45, 2.75) is 19.5 Å². The average Bonchev–Trinajstić information content (AvgIpc) is 3.07. The lowest BCUT2D eigenvalue weighted by Gasteiger charge is -2.04. The van der Waals surface area contributed by atoms with Gasteiger partial charge in [0, 0.05) is 5.92 Å². The van der Waals surface area contributed by atoms with Gasteiger partial charge in [-0.2, -0.15) is 0 Å². The van der Waals surface area contributed by atoms with Gasteiger partial charge >= 0.3 is 5.97 Å². The second-order valence-corrected chi connectivity index (χ2v) is 3.93.